The van der Waals surface area contributed by atoms with Gasteiger partial charge in [-0.25, -0.2) is 0 Å². The Morgan fingerprint density at radius 2 is 2.08 bits per heavy atom. The Morgan fingerprint density at radius 1 is 1.38 bits per heavy atom. The molecule has 1 aliphatic heterocycles. The third kappa shape index (κ3) is 2.70. The summed E-state index contributed by atoms with van der Waals surface area (Å²) in [6.07, 6.45) is 5.65. The first kappa shape index (κ1) is 10.5. The molecule has 0 atom stereocenters. The average Bonchev–Trinajstić information content (AvgIpc) is 2.08. The van der Waals surface area contributed by atoms with Crippen LogP contribution in [-0.2, 0) is 0 Å². The molecule has 13 heavy (non-hydrogen) atoms. The molecule has 0 aliphatic carbocycles. The van der Waals surface area contributed by atoms with Crippen LogP contribution in [0.4, 0.5) is 0 Å². The molecule has 0 amide bonds. The lowest BCUT2D eigenvalue weighted by Gasteiger charge is -2.28. The Labute approximate surface area is 82.1 Å². The lowest BCUT2D eigenvalue weighted by atomic mass is 9.91. The number of hydrogen-bond donors (Lipinski definition) is 0. The van der Waals surface area contributed by atoms with Crippen molar-refractivity contribution in [3.05, 3.63) is 23.3 Å². The molecule has 0 unspecified atom stereocenters. The lowest BCUT2D eigenvalue weighted by molar-refractivity contribution is 0.337. The van der Waals surface area contributed by atoms with Gasteiger partial charge in [0.25, 0.3) is 0 Å². The fraction of sp³-hybridized carbons (Fsp3) is 0.667. The SMILES string of the molecule is C/C=C\C1=C(C(C)C)CN(C)CC1. The number of nitrogens with zero attached hydrogens (tertiary/aromatic N) is 1. The highest BCUT2D eigenvalue weighted by Gasteiger charge is 2.16. The van der Waals surface area contributed by atoms with Gasteiger partial charge in [-0.05, 0) is 31.9 Å². The summed E-state index contributed by atoms with van der Waals surface area (Å²) in [5.74, 6) is 0.689. The molecule has 1 heteroatoms. The van der Waals surface area contributed by atoms with E-state index in [1.165, 1.54) is 13.0 Å². The van der Waals surface area contributed by atoms with E-state index >= 15 is 0 Å². The second-order valence-electron chi connectivity index (χ2n) is 4.19. The minimum absolute atomic E-state index is 0.689. The van der Waals surface area contributed by atoms with Crippen LogP contribution in [0.25, 0.3) is 0 Å². The standard InChI is InChI=1S/C12H21N/c1-5-6-11-7-8-13(4)9-12(11)10(2)3/h5-6,10H,7-9H2,1-4H3/b6-5-. The van der Waals surface area contributed by atoms with Crippen molar-refractivity contribution < 1.29 is 0 Å². The van der Waals surface area contributed by atoms with E-state index in [-0.39, 0.29) is 0 Å². The molecule has 74 valence electrons. The van der Waals surface area contributed by atoms with Crippen LogP contribution in [0.2, 0.25) is 0 Å². The fourth-order valence-corrected chi connectivity index (χ4v) is 1.89. The highest BCUT2D eigenvalue weighted by molar-refractivity contribution is 5.29. The van der Waals surface area contributed by atoms with Crippen molar-refractivity contribution in [2.24, 2.45) is 5.92 Å². The van der Waals surface area contributed by atoms with Gasteiger partial charge in [0.05, 0.1) is 0 Å². The molecule has 1 rings (SSSR count). The second-order valence-corrected chi connectivity index (χ2v) is 4.19. The van der Waals surface area contributed by atoms with E-state index in [0.717, 1.165) is 6.54 Å². The summed E-state index contributed by atoms with van der Waals surface area (Å²) in [5.41, 5.74) is 3.18. The van der Waals surface area contributed by atoms with E-state index in [1.54, 1.807) is 11.1 Å². The third-order valence-electron chi connectivity index (χ3n) is 2.68. The first-order valence-electron chi connectivity index (χ1n) is 5.18. The summed E-state index contributed by atoms with van der Waals surface area (Å²) in [7, 11) is 2.20. The van der Waals surface area contributed by atoms with Crippen LogP contribution >= 0.6 is 0 Å². The van der Waals surface area contributed by atoms with Crippen LogP contribution in [-0.4, -0.2) is 25.0 Å². The second kappa shape index (κ2) is 4.61. The third-order valence-corrected chi connectivity index (χ3v) is 2.68. The predicted octanol–water partition coefficient (Wildman–Crippen LogP) is 2.85. The zero-order valence-corrected chi connectivity index (χ0v) is 9.30. The Hall–Kier alpha value is -0.560. The summed E-state index contributed by atoms with van der Waals surface area (Å²) in [4.78, 5) is 2.41. The molecular weight excluding hydrogens is 158 g/mol. The number of allylic oxidation sites excluding steroid dienone is 2. The van der Waals surface area contributed by atoms with Crippen LogP contribution in [0.5, 0.6) is 0 Å². The molecule has 1 nitrogen and oxygen atoms in total. The minimum Gasteiger partial charge on any atom is -0.302 e. The number of hydrogen-bond acceptors (Lipinski definition) is 1. The molecule has 0 saturated heterocycles. The predicted molar refractivity (Wildman–Crippen MR) is 58.8 cm³/mol. The van der Waals surface area contributed by atoms with E-state index in [2.05, 4.69) is 44.9 Å². The average molecular weight is 179 g/mol. The Balaban J connectivity index is 2.87. The number of likely N-dealkylation sites (N-methyl/N-ethyl adjacent to an activating group) is 1. The Kier molecular flexibility index (Phi) is 3.73. The number of rotatable bonds is 2. The quantitative estimate of drug-likeness (QED) is 0.630. The van der Waals surface area contributed by atoms with Crippen molar-refractivity contribution in [1.82, 2.24) is 4.90 Å². The van der Waals surface area contributed by atoms with Crippen LogP contribution in [0.3, 0.4) is 0 Å². The van der Waals surface area contributed by atoms with Gasteiger partial charge in [0.15, 0.2) is 0 Å². The lowest BCUT2D eigenvalue weighted by Crippen LogP contribution is -2.29. The van der Waals surface area contributed by atoms with Crippen LogP contribution in [0.15, 0.2) is 23.3 Å². The van der Waals surface area contributed by atoms with Gasteiger partial charge in [-0.2, -0.15) is 0 Å². The summed E-state index contributed by atoms with van der Waals surface area (Å²) in [6.45, 7) is 9.03. The van der Waals surface area contributed by atoms with Crippen LogP contribution in [0, 0.1) is 5.92 Å². The van der Waals surface area contributed by atoms with Crippen molar-refractivity contribution in [3.8, 4) is 0 Å². The van der Waals surface area contributed by atoms with E-state index in [9.17, 15) is 0 Å². The van der Waals surface area contributed by atoms with Crippen molar-refractivity contribution in [2.75, 3.05) is 20.1 Å². The topological polar surface area (TPSA) is 3.24 Å². The Bertz CT molecular complexity index is 223. The van der Waals surface area contributed by atoms with E-state index in [1.807, 2.05) is 0 Å². The monoisotopic (exact) mass is 179 g/mol. The summed E-state index contributed by atoms with van der Waals surface area (Å²) < 4.78 is 0. The molecule has 0 aromatic heterocycles. The van der Waals surface area contributed by atoms with E-state index < -0.39 is 0 Å². The first-order chi connectivity index (χ1) is 6.15. The highest BCUT2D eigenvalue weighted by atomic mass is 15.1. The minimum atomic E-state index is 0.689. The molecule has 0 bridgehead atoms. The van der Waals surface area contributed by atoms with Crippen LogP contribution < -0.4 is 0 Å². The molecule has 1 aliphatic rings. The van der Waals surface area contributed by atoms with Gasteiger partial charge in [-0.3, -0.25) is 0 Å². The highest BCUT2D eigenvalue weighted by Crippen LogP contribution is 2.23. The van der Waals surface area contributed by atoms with Gasteiger partial charge in [-0.15, -0.1) is 0 Å². The molecule has 0 fully saturated rings. The smallest absolute Gasteiger partial charge is 0.0198 e. The molecule has 0 spiro atoms. The van der Waals surface area contributed by atoms with Crippen molar-refractivity contribution >= 4 is 0 Å². The summed E-state index contributed by atoms with van der Waals surface area (Å²) >= 11 is 0. The molecule has 0 saturated carbocycles. The van der Waals surface area contributed by atoms with Crippen LogP contribution in [0.1, 0.15) is 27.2 Å². The molecule has 0 aromatic rings. The normalized spacial score (nSPS) is 20.7. The maximum absolute atomic E-state index is 2.41. The zero-order chi connectivity index (χ0) is 9.84. The van der Waals surface area contributed by atoms with Crippen molar-refractivity contribution in [3.63, 3.8) is 0 Å². The zero-order valence-electron chi connectivity index (χ0n) is 9.30. The fourth-order valence-electron chi connectivity index (χ4n) is 1.89. The van der Waals surface area contributed by atoms with E-state index in [0.29, 0.717) is 5.92 Å². The van der Waals surface area contributed by atoms with Gasteiger partial charge in [0.2, 0.25) is 0 Å². The Morgan fingerprint density at radius 3 is 2.62 bits per heavy atom. The van der Waals surface area contributed by atoms with Crippen molar-refractivity contribution in [1.29, 1.82) is 0 Å². The van der Waals surface area contributed by atoms with Gasteiger partial charge < -0.3 is 4.90 Å². The maximum atomic E-state index is 2.41. The summed E-state index contributed by atoms with van der Waals surface area (Å²) in [5, 5.41) is 0. The molecule has 0 N–H and O–H groups in total. The van der Waals surface area contributed by atoms with Gasteiger partial charge in [-0.1, -0.05) is 31.6 Å². The first-order valence-corrected chi connectivity index (χ1v) is 5.18. The summed E-state index contributed by atoms with van der Waals surface area (Å²) in [6, 6.07) is 0. The molecule has 0 aromatic carbocycles. The van der Waals surface area contributed by atoms with Crippen molar-refractivity contribution in [2.45, 2.75) is 27.2 Å². The largest absolute Gasteiger partial charge is 0.302 e. The van der Waals surface area contributed by atoms with Gasteiger partial charge >= 0.3 is 0 Å². The maximum Gasteiger partial charge on any atom is 0.0198 e. The molecular formula is C12H21N. The van der Waals surface area contributed by atoms with Gasteiger partial charge in [0.1, 0.15) is 0 Å². The van der Waals surface area contributed by atoms with E-state index in [4.69, 9.17) is 0 Å². The molecule has 1 heterocycles. The van der Waals surface area contributed by atoms with Gasteiger partial charge in [0, 0.05) is 13.1 Å². The molecule has 0 radical (unpaired) electrons.